The number of hydrogen-bond acceptors (Lipinski definition) is 3. The Kier molecular flexibility index (Phi) is 5.37. The van der Waals surface area contributed by atoms with Gasteiger partial charge in [0.2, 0.25) is 5.91 Å². The summed E-state index contributed by atoms with van der Waals surface area (Å²) in [4.78, 5) is 13.7. The molecule has 24 heavy (non-hydrogen) atoms. The minimum Gasteiger partial charge on any atom is -0.382 e. The number of benzene rings is 1. The highest BCUT2D eigenvalue weighted by molar-refractivity contribution is 5.78. The summed E-state index contributed by atoms with van der Waals surface area (Å²) < 4.78 is 39.5. The van der Waals surface area contributed by atoms with Crippen molar-refractivity contribution in [3.8, 4) is 6.07 Å². The molecule has 0 aromatic heterocycles. The number of anilines is 1. The summed E-state index contributed by atoms with van der Waals surface area (Å²) in [5.74, 6) is -0.00679. The molecule has 1 aliphatic rings. The van der Waals surface area contributed by atoms with Crippen LogP contribution in [0.2, 0.25) is 0 Å². The van der Waals surface area contributed by atoms with Gasteiger partial charge in [-0.3, -0.25) is 4.79 Å². The molecule has 130 valence electrons. The average Bonchev–Trinajstić information content (AvgIpc) is 2.54. The maximum atomic E-state index is 13.2. The predicted octanol–water partition coefficient (Wildman–Crippen LogP) is 3.64. The summed E-state index contributed by atoms with van der Waals surface area (Å²) in [6.07, 6.45) is -3.34. The van der Waals surface area contributed by atoms with Crippen LogP contribution >= 0.6 is 0 Å². The lowest BCUT2D eigenvalue weighted by Gasteiger charge is -2.34. The third kappa shape index (κ3) is 4.19. The number of amides is 1. The van der Waals surface area contributed by atoms with Gasteiger partial charge >= 0.3 is 6.18 Å². The Morgan fingerprint density at radius 1 is 1.33 bits per heavy atom. The second kappa shape index (κ2) is 7.12. The Bertz CT molecular complexity index is 641. The topological polar surface area (TPSA) is 56.1 Å². The fourth-order valence-corrected chi connectivity index (χ4v) is 2.80. The lowest BCUT2D eigenvalue weighted by Crippen LogP contribution is -2.44. The smallest absolute Gasteiger partial charge is 0.382 e. The van der Waals surface area contributed by atoms with E-state index in [-0.39, 0.29) is 29.1 Å². The summed E-state index contributed by atoms with van der Waals surface area (Å²) >= 11 is 0. The van der Waals surface area contributed by atoms with Crippen molar-refractivity contribution in [1.82, 2.24) is 4.90 Å². The van der Waals surface area contributed by atoms with Gasteiger partial charge in [0, 0.05) is 30.7 Å². The van der Waals surface area contributed by atoms with Crippen molar-refractivity contribution in [2.24, 2.45) is 5.92 Å². The molecule has 1 heterocycles. The zero-order valence-corrected chi connectivity index (χ0v) is 13.7. The van der Waals surface area contributed by atoms with Crippen molar-refractivity contribution in [2.45, 2.75) is 38.9 Å². The number of carbonyl (C=O) groups is 1. The lowest BCUT2D eigenvalue weighted by molar-refractivity contribution is -0.137. The Balaban J connectivity index is 2.08. The zero-order valence-electron chi connectivity index (χ0n) is 13.7. The highest BCUT2D eigenvalue weighted by Gasteiger charge is 2.35. The molecule has 1 N–H and O–H groups in total. The lowest BCUT2D eigenvalue weighted by atomic mass is 10.0. The summed E-state index contributed by atoms with van der Waals surface area (Å²) in [6.45, 7) is 4.73. The molecule has 0 radical (unpaired) electrons. The van der Waals surface area contributed by atoms with E-state index >= 15 is 0 Å². The number of likely N-dealkylation sites (tertiary alicyclic amines) is 1. The van der Waals surface area contributed by atoms with Crippen LogP contribution in [0.1, 0.15) is 37.8 Å². The van der Waals surface area contributed by atoms with Gasteiger partial charge in [0.25, 0.3) is 0 Å². The fraction of sp³-hybridized carbons (Fsp3) is 0.529. The molecule has 2 rings (SSSR count). The Hall–Kier alpha value is -2.23. The molecule has 0 bridgehead atoms. The molecule has 0 atom stereocenters. The number of nitrogens with one attached hydrogen (secondary N) is 1. The van der Waals surface area contributed by atoms with E-state index in [1.807, 2.05) is 13.8 Å². The van der Waals surface area contributed by atoms with Gasteiger partial charge in [0.15, 0.2) is 0 Å². The molecule has 1 fully saturated rings. The molecule has 0 saturated carbocycles. The first-order chi connectivity index (χ1) is 11.2. The summed E-state index contributed by atoms with van der Waals surface area (Å²) in [6, 6.07) is 5.13. The first-order valence-electron chi connectivity index (χ1n) is 7.89. The van der Waals surface area contributed by atoms with Crippen LogP contribution in [0.5, 0.6) is 0 Å². The van der Waals surface area contributed by atoms with Crippen molar-refractivity contribution in [2.75, 3.05) is 18.4 Å². The Labute approximate surface area is 139 Å². The maximum Gasteiger partial charge on any atom is 0.418 e. The Morgan fingerprint density at radius 2 is 1.96 bits per heavy atom. The van der Waals surface area contributed by atoms with E-state index < -0.39 is 11.7 Å². The van der Waals surface area contributed by atoms with Gasteiger partial charge in [-0.15, -0.1) is 0 Å². The third-order valence-corrected chi connectivity index (χ3v) is 4.11. The molecule has 1 aromatic carbocycles. The third-order valence-electron chi connectivity index (χ3n) is 4.11. The number of nitriles is 1. The van der Waals surface area contributed by atoms with Gasteiger partial charge < -0.3 is 10.2 Å². The van der Waals surface area contributed by atoms with E-state index in [0.29, 0.717) is 25.9 Å². The van der Waals surface area contributed by atoms with Crippen LogP contribution in [0.3, 0.4) is 0 Å². The van der Waals surface area contributed by atoms with E-state index in [2.05, 4.69) is 5.32 Å². The number of alkyl halides is 3. The summed E-state index contributed by atoms with van der Waals surface area (Å²) in [5.41, 5.74) is -0.873. The van der Waals surface area contributed by atoms with E-state index in [9.17, 15) is 18.0 Å². The zero-order chi connectivity index (χ0) is 17.9. The van der Waals surface area contributed by atoms with Gasteiger partial charge in [-0.05, 0) is 31.0 Å². The molecule has 0 unspecified atom stereocenters. The Morgan fingerprint density at radius 3 is 2.46 bits per heavy atom. The number of nitrogens with zero attached hydrogens (tertiary/aromatic N) is 2. The number of piperidine rings is 1. The standard InChI is InChI=1S/C17H20F3N3O/c1-11(2)16(24)23-7-5-13(6-8-23)22-15-4-3-12(10-21)9-14(15)17(18,19)20/h3-4,9,11,13,22H,5-8H2,1-2H3. The maximum absolute atomic E-state index is 13.2. The van der Waals surface area contributed by atoms with E-state index in [0.717, 1.165) is 6.07 Å². The first-order valence-corrected chi connectivity index (χ1v) is 7.89. The molecule has 0 aliphatic carbocycles. The van der Waals surface area contributed by atoms with Crippen molar-refractivity contribution in [3.63, 3.8) is 0 Å². The SMILES string of the molecule is CC(C)C(=O)N1CCC(Nc2ccc(C#N)cc2C(F)(F)F)CC1. The second-order valence-corrected chi connectivity index (χ2v) is 6.27. The molecule has 1 aromatic rings. The quantitative estimate of drug-likeness (QED) is 0.915. The van der Waals surface area contributed by atoms with Gasteiger partial charge in [-0.2, -0.15) is 18.4 Å². The van der Waals surface area contributed by atoms with Gasteiger partial charge in [-0.25, -0.2) is 0 Å². The minimum atomic E-state index is -4.52. The first kappa shape index (κ1) is 18.1. The molecule has 7 heteroatoms. The highest BCUT2D eigenvalue weighted by atomic mass is 19.4. The van der Waals surface area contributed by atoms with Crippen LogP contribution < -0.4 is 5.32 Å². The van der Waals surface area contributed by atoms with Gasteiger partial charge in [0.05, 0.1) is 17.2 Å². The van der Waals surface area contributed by atoms with Crippen LogP contribution in [0.15, 0.2) is 18.2 Å². The van der Waals surface area contributed by atoms with Crippen molar-refractivity contribution in [1.29, 1.82) is 5.26 Å². The van der Waals surface area contributed by atoms with Crippen LogP contribution in [-0.4, -0.2) is 29.9 Å². The van der Waals surface area contributed by atoms with Crippen molar-refractivity contribution >= 4 is 11.6 Å². The minimum absolute atomic E-state index is 0.0184. The molecule has 4 nitrogen and oxygen atoms in total. The predicted molar refractivity (Wildman–Crippen MR) is 84.2 cm³/mol. The highest BCUT2D eigenvalue weighted by Crippen LogP contribution is 2.36. The van der Waals surface area contributed by atoms with Gasteiger partial charge in [-0.1, -0.05) is 13.8 Å². The number of hydrogen-bond donors (Lipinski definition) is 1. The van der Waals surface area contributed by atoms with Gasteiger partial charge in [0.1, 0.15) is 0 Å². The largest absolute Gasteiger partial charge is 0.418 e. The normalized spacial score (nSPS) is 16.1. The number of carbonyl (C=O) groups excluding carboxylic acids is 1. The fourth-order valence-electron chi connectivity index (χ4n) is 2.80. The molecular formula is C17H20F3N3O. The van der Waals surface area contributed by atoms with Crippen LogP contribution in [0.25, 0.3) is 0 Å². The summed E-state index contributed by atoms with van der Waals surface area (Å²) in [7, 11) is 0. The van der Waals surface area contributed by atoms with Crippen LogP contribution in [0, 0.1) is 17.2 Å². The van der Waals surface area contributed by atoms with Crippen LogP contribution in [-0.2, 0) is 11.0 Å². The van der Waals surface area contributed by atoms with E-state index in [1.165, 1.54) is 12.1 Å². The van der Waals surface area contributed by atoms with Crippen molar-refractivity contribution in [3.05, 3.63) is 29.3 Å². The molecule has 1 amide bonds. The van der Waals surface area contributed by atoms with Crippen LogP contribution in [0.4, 0.5) is 18.9 Å². The summed E-state index contributed by atoms with van der Waals surface area (Å²) in [5, 5.41) is 11.7. The van der Waals surface area contributed by atoms with Crippen molar-refractivity contribution < 1.29 is 18.0 Å². The average molecular weight is 339 g/mol. The van der Waals surface area contributed by atoms with E-state index in [1.54, 1.807) is 11.0 Å². The molecular weight excluding hydrogens is 319 g/mol. The molecule has 0 spiro atoms. The molecule has 1 saturated heterocycles. The second-order valence-electron chi connectivity index (χ2n) is 6.27. The number of halogens is 3. The monoisotopic (exact) mass is 339 g/mol. The molecule has 1 aliphatic heterocycles. The van der Waals surface area contributed by atoms with E-state index in [4.69, 9.17) is 5.26 Å². The number of rotatable bonds is 3.